The van der Waals surface area contributed by atoms with E-state index in [2.05, 4.69) is 15.3 Å². The summed E-state index contributed by atoms with van der Waals surface area (Å²) < 4.78 is 7.01. The first-order chi connectivity index (χ1) is 12.5. The number of carbonyl (C=O) groups is 2. The Bertz CT molecular complexity index is 919. The van der Waals surface area contributed by atoms with Crippen LogP contribution in [-0.4, -0.2) is 32.5 Å². The Balaban J connectivity index is 1.81. The predicted molar refractivity (Wildman–Crippen MR) is 96.4 cm³/mol. The van der Waals surface area contributed by atoms with E-state index < -0.39 is 0 Å². The van der Waals surface area contributed by atoms with Crippen molar-refractivity contribution in [3.05, 3.63) is 60.2 Å². The van der Waals surface area contributed by atoms with Crippen molar-refractivity contribution in [1.82, 2.24) is 19.9 Å². The van der Waals surface area contributed by atoms with Crippen molar-refractivity contribution < 1.29 is 14.3 Å². The van der Waals surface area contributed by atoms with Crippen LogP contribution < -0.4 is 5.32 Å². The molecule has 0 aliphatic rings. The highest BCUT2D eigenvalue weighted by Crippen LogP contribution is 2.16. The number of esters is 1. The molecule has 1 amide bonds. The smallest absolute Gasteiger partial charge is 0.326 e. The van der Waals surface area contributed by atoms with Gasteiger partial charge in [-0.15, -0.1) is 0 Å². The molecule has 7 nitrogen and oxygen atoms in total. The number of nitrogens with zero attached hydrogens (tertiary/aromatic N) is 3. The summed E-state index contributed by atoms with van der Waals surface area (Å²) in [5.74, 6) is -0.00593. The van der Waals surface area contributed by atoms with Gasteiger partial charge in [0.25, 0.3) is 5.91 Å². The van der Waals surface area contributed by atoms with Crippen LogP contribution >= 0.6 is 0 Å². The summed E-state index contributed by atoms with van der Waals surface area (Å²) >= 11 is 0. The summed E-state index contributed by atoms with van der Waals surface area (Å²) in [6, 6.07) is 10.9. The van der Waals surface area contributed by atoms with Crippen molar-refractivity contribution in [2.24, 2.45) is 0 Å². The van der Waals surface area contributed by atoms with Gasteiger partial charge in [0.15, 0.2) is 0 Å². The highest BCUT2D eigenvalue weighted by atomic mass is 16.5. The van der Waals surface area contributed by atoms with Gasteiger partial charge in [0.1, 0.15) is 12.4 Å². The summed E-state index contributed by atoms with van der Waals surface area (Å²) in [6.07, 6.45) is 2.92. The van der Waals surface area contributed by atoms with Crippen LogP contribution in [0.25, 0.3) is 11.0 Å². The number of carbonyl (C=O) groups excluding carboxylic acids is 2. The van der Waals surface area contributed by atoms with E-state index in [0.29, 0.717) is 11.4 Å². The van der Waals surface area contributed by atoms with Gasteiger partial charge in [0.05, 0.1) is 29.2 Å². The number of aromatic nitrogens is 3. The second kappa shape index (κ2) is 7.77. The minimum atomic E-state index is -0.344. The second-order valence-corrected chi connectivity index (χ2v) is 6.07. The second-order valence-electron chi connectivity index (χ2n) is 6.07. The van der Waals surface area contributed by atoms with E-state index in [1.807, 2.05) is 24.3 Å². The minimum Gasteiger partial charge on any atom is -0.462 e. The number of fused-ring (bicyclic) bond motifs is 1. The standard InChI is InChI=1S/C19H20N4O3/c1-13(2)26-18(24)12-23-16-8-4-3-7-15(16)22-17(23)11-21-19(25)14-6-5-9-20-10-14/h3-10,13H,11-12H2,1-2H3,(H,21,25). The lowest BCUT2D eigenvalue weighted by Crippen LogP contribution is -2.26. The van der Waals surface area contributed by atoms with Crippen molar-refractivity contribution in [3.8, 4) is 0 Å². The molecule has 0 saturated heterocycles. The molecule has 1 N–H and O–H groups in total. The SMILES string of the molecule is CC(C)OC(=O)Cn1c(CNC(=O)c2cccnc2)nc2ccccc21. The first-order valence-electron chi connectivity index (χ1n) is 8.36. The zero-order valence-corrected chi connectivity index (χ0v) is 14.7. The van der Waals surface area contributed by atoms with Crippen LogP contribution in [0.3, 0.4) is 0 Å². The van der Waals surface area contributed by atoms with E-state index >= 15 is 0 Å². The lowest BCUT2D eigenvalue weighted by atomic mass is 10.3. The van der Waals surface area contributed by atoms with Crippen molar-refractivity contribution in [2.45, 2.75) is 33.0 Å². The molecule has 3 aromatic rings. The average molecular weight is 352 g/mol. The van der Waals surface area contributed by atoms with E-state index in [4.69, 9.17) is 4.74 Å². The van der Waals surface area contributed by atoms with Crippen LogP contribution in [0.5, 0.6) is 0 Å². The highest BCUT2D eigenvalue weighted by molar-refractivity contribution is 5.93. The normalized spacial score (nSPS) is 10.9. The van der Waals surface area contributed by atoms with E-state index in [1.165, 1.54) is 6.20 Å². The fraction of sp³-hybridized carbons (Fsp3) is 0.263. The zero-order valence-electron chi connectivity index (χ0n) is 14.7. The van der Waals surface area contributed by atoms with E-state index in [1.54, 1.807) is 36.7 Å². The molecule has 3 rings (SSSR count). The summed E-state index contributed by atoms with van der Waals surface area (Å²) in [5, 5.41) is 2.82. The lowest BCUT2D eigenvalue weighted by molar-refractivity contribution is -0.148. The van der Waals surface area contributed by atoms with Crippen molar-refractivity contribution in [2.75, 3.05) is 0 Å². The van der Waals surface area contributed by atoms with Crippen LogP contribution in [0.2, 0.25) is 0 Å². The molecule has 134 valence electrons. The maximum atomic E-state index is 12.2. The summed E-state index contributed by atoms with van der Waals surface area (Å²) in [5.41, 5.74) is 2.05. The number of ether oxygens (including phenoxy) is 1. The Morgan fingerprint density at radius 3 is 2.73 bits per heavy atom. The van der Waals surface area contributed by atoms with Crippen LogP contribution in [-0.2, 0) is 22.6 Å². The third kappa shape index (κ3) is 4.05. The Morgan fingerprint density at radius 1 is 1.19 bits per heavy atom. The predicted octanol–water partition coefficient (Wildman–Crippen LogP) is 2.31. The molecule has 0 fully saturated rings. The van der Waals surface area contributed by atoms with Gasteiger partial charge in [0, 0.05) is 12.4 Å². The molecule has 2 heterocycles. The molecule has 1 aromatic carbocycles. The van der Waals surface area contributed by atoms with Gasteiger partial charge in [-0.1, -0.05) is 12.1 Å². The third-order valence-corrected chi connectivity index (χ3v) is 3.72. The third-order valence-electron chi connectivity index (χ3n) is 3.72. The number of hydrogen-bond donors (Lipinski definition) is 1. The number of benzene rings is 1. The molecule has 0 aliphatic heterocycles. The largest absolute Gasteiger partial charge is 0.462 e. The number of rotatable bonds is 6. The van der Waals surface area contributed by atoms with E-state index in [9.17, 15) is 9.59 Å². The number of nitrogens with one attached hydrogen (secondary N) is 1. The first kappa shape index (κ1) is 17.6. The van der Waals surface area contributed by atoms with Gasteiger partial charge in [-0.05, 0) is 38.1 Å². The average Bonchev–Trinajstić information content (AvgIpc) is 2.97. The molecular weight excluding hydrogens is 332 g/mol. The number of imidazole rings is 1. The summed E-state index contributed by atoms with van der Waals surface area (Å²) in [4.78, 5) is 32.8. The fourth-order valence-electron chi connectivity index (χ4n) is 2.62. The van der Waals surface area contributed by atoms with E-state index in [-0.39, 0.29) is 31.1 Å². The Hall–Kier alpha value is -3.22. The van der Waals surface area contributed by atoms with Crippen LogP contribution in [0.1, 0.15) is 30.0 Å². The number of para-hydroxylation sites is 2. The van der Waals surface area contributed by atoms with Gasteiger partial charge < -0.3 is 14.6 Å². The quantitative estimate of drug-likeness (QED) is 0.688. The van der Waals surface area contributed by atoms with Crippen molar-refractivity contribution in [3.63, 3.8) is 0 Å². The van der Waals surface area contributed by atoms with Crippen molar-refractivity contribution >= 4 is 22.9 Å². The Morgan fingerprint density at radius 2 is 2.00 bits per heavy atom. The zero-order chi connectivity index (χ0) is 18.5. The summed E-state index contributed by atoms with van der Waals surface area (Å²) in [7, 11) is 0. The molecule has 0 spiro atoms. The molecule has 0 bridgehead atoms. The molecule has 0 unspecified atom stereocenters. The van der Waals surface area contributed by atoms with Crippen molar-refractivity contribution in [1.29, 1.82) is 0 Å². The lowest BCUT2D eigenvalue weighted by Gasteiger charge is -2.12. The van der Waals surface area contributed by atoms with Gasteiger partial charge in [-0.3, -0.25) is 14.6 Å². The molecule has 0 aliphatic carbocycles. The molecule has 26 heavy (non-hydrogen) atoms. The molecule has 0 saturated carbocycles. The molecule has 7 heteroatoms. The van der Waals surface area contributed by atoms with Gasteiger partial charge in [0.2, 0.25) is 0 Å². The van der Waals surface area contributed by atoms with Gasteiger partial charge >= 0.3 is 5.97 Å². The molecule has 2 aromatic heterocycles. The Labute approximate surface area is 151 Å². The summed E-state index contributed by atoms with van der Waals surface area (Å²) in [6.45, 7) is 3.84. The minimum absolute atomic E-state index is 0.0385. The number of hydrogen-bond acceptors (Lipinski definition) is 5. The van der Waals surface area contributed by atoms with E-state index in [0.717, 1.165) is 11.0 Å². The van der Waals surface area contributed by atoms with Crippen LogP contribution in [0.15, 0.2) is 48.8 Å². The number of amides is 1. The van der Waals surface area contributed by atoms with Crippen LogP contribution in [0, 0.1) is 0 Å². The van der Waals surface area contributed by atoms with Gasteiger partial charge in [-0.25, -0.2) is 4.98 Å². The monoisotopic (exact) mass is 352 g/mol. The maximum Gasteiger partial charge on any atom is 0.326 e. The molecule has 0 atom stereocenters. The highest BCUT2D eigenvalue weighted by Gasteiger charge is 2.16. The Kier molecular flexibility index (Phi) is 5.26. The number of pyridine rings is 1. The maximum absolute atomic E-state index is 12.2. The first-order valence-corrected chi connectivity index (χ1v) is 8.36. The van der Waals surface area contributed by atoms with Gasteiger partial charge in [-0.2, -0.15) is 0 Å². The fourth-order valence-corrected chi connectivity index (χ4v) is 2.62. The molecular formula is C19H20N4O3. The molecule has 0 radical (unpaired) electrons. The van der Waals surface area contributed by atoms with Crippen LogP contribution in [0.4, 0.5) is 0 Å². The topological polar surface area (TPSA) is 86.1 Å².